The van der Waals surface area contributed by atoms with E-state index >= 15 is 0 Å². The third-order valence-corrected chi connectivity index (χ3v) is 5.27. The Morgan fingerprint density at radius 3 is 2.86 bits per heavy atom. The van der Waals surface area contributed by atoms with Crippen molar-refractivity contribution >= 4 is 45.0 Å². The molecule has 0 bridgehead atoms. The lowest BCUT2D eigenvalue weighted by Crippen LogP contribution is -2.04. The fraction of sp³-hybridized carbons (Fsp3) is 0.200. The van der Waals surface area contributed by atoms with Crippen molar-refractivity contribution in [2.75, 3.05) is 24.3 Å². The van der Waals surface area contributed by atoms with E-state index in [1.807, 2.05) is 38.2 Å². The van der Waals surface area contributed by atoms with Crippen molar-refractivity contribution in [1.29, 1.82) is 0 Å². The van der Waals surface area contributed by atoms with Gasteiger partial charge in [0, 0.05) is 34.7 Å². The largest absolute Gasteiger partial charge is 0.461 e. The number of fused-ring (bicyclic) bond motifs is 1. The van der Waals surface area contributed by atoms with Crippen LogP contribution in [0.25, 0.3) is 22.3 Å². The summed E-state index contributed by atoms with van der Waals surface area (Å²) in [5.74, 6) is 0.107. The average Bonchev–Trinajstić information content (AvgIpc) is 3.31. The maximum atomic E-state index is 11.9. The molecule has 0 unspecified atom stereocenters. The highest BCUT2D eigenvalue weighted by Crippen LogP contribution is 2.29. The molecule has 0 radical (unpaired) electrons. The zero-order valence-electron chi connectivity index (χ0n) is 16.2. The number of hydrogen-bond acceptors (Lipinski definition) is 8. The zero-order chi connectivity index (χ0) is 20.4. The Balaban J connectivity index is 1.59. The molecule has 0 amide bonds. The van der Waals surface area contributed by atoms with Crippen LogP contribution in [0.2, 0.25) is 0 Å². The summed E-state index contributed by atoms with van der Waals surface area (Å²) >= 11 is 1.58. The van der Waals surface area contributed by atoms with Gasteiger partial charge >= 0.3 is 5.97 Å². The first-order chi connectivity index (χ1) is 14.1. The summed E-state index contributed by atoms with van der Waals surface area (Å²) in [4.78, 5) is 29.5. The summed E-state index contributed by atoms with van der Waals surface area (Å²) < 4.78 is 5.04. The maximum Gasteiger partial charge on any atom is 0.354 e. The molecular weight excluding hydrogens is 388 g/mol. The predicted octanol–water partition coefficient (Wildman–Crippen LogP) is 4.35. The molecular formula is C20H20N6O2S. The second kappa shape index (κ2) is 7.88. The SMILES string of the molecule is CCOC(=O)c1cc2cc(Nc3nccc(-c4nc(NC)sc4C)n3)ccc2[nH]1. The first kappa shape index (κ1) is 18.9. The lowest BCUT2D eigenvalue weighted by atomic mass is 10.2. The van der Waals surface area contributed by atoms with E-state index in [4.69, 9.17) is 4.74 Å². The Labute approximate surface area is 171 Å². The number of aromatic nitrogens is 4. The normalized spacial score (nSPS) is 10.9. The molecule has 1 aromatic carbocycles. The number of aromatic amines is 1. The quantitative estimate of drug-likeness (QED) is 0.407. The Morgan fingerprint density at radius 2 is 2.10 bits per heavy atom. The van der Waals surface area contributed by atoms with Crippen LogP contribution in [0.3, 0.4) is 0 Å². The van der Waals surface area contributed by atoms with Crippen molar-refractivity contribution < 1.29 is 9.53 Å². The van der Waals surface area contributed by atoms with E-state index in [9.17, 15) is 4.79 Å². The van der Waals surface area contributed by atoms with Crippen LogP contribution in [-0.4, -0.2) is 39.6 Å². The summed E-state index contributed by atoms with van der Waals surface area (Å²) in [5.41, 5.74) is 3.69. The van der Waals surface area contributed by atoms with Gasteiger partial charge in [-0.3, -0.25) is 0 Å². The summed E-state index contributed by atoms with van der Waals surface area (Å²) in [7, 11) is 1.85. The lowest BCUT2D eigenvalue weighted by Gasteiger charge is -2.06. The Kier molecular flexibility index (Phi) is 5.13. The minimum Gasteiger partial charge on any atom is -0.461 e. The molecule has 8 nitrogen and oxygen atoms in total. The lowest BCUT2D eigenvalue weighted by molar-refractivity contribution is 0.0520. The highest BCUT2D eigenvalue weighted by molar-refractivity contribution is 7.15. The van der Waals surface area contributed by atoms with Crippen LogP contribution in [-0.2, 0) is 4.74 Å². The van der Waals surface area contributed by atoms with Crippen molar-refractivity contribution in [1.82, 2.24) is 19.9 Å². The van der Waals surface area contributed by atoms with E-state index in [0.717, 1.165) is 38.0 Å². The number of anilines is 3. The number of H-pyrrole nitrogens is 1. The van der Waals surface area contributed by atoms with E-state index < -0.39 is 0 Å². The minimum absolute atomic E-state index is 0.336. The molecule has 0 atom stereocenters. The van der Waals surface area contributed by atoms with Gasteiger partial charge in [-0.2, -0.15) is 0 Å². The minimum atomic E-state index is -0.367. The summed E-state index contributed by atoms with van der Waals surface area (Å²) in [5, 5.41) is 8.02. The van der Waals surface area contributed by atoms with E-state index in [1.165, 1.54) is 0 Å². The molecule has 0 aliphatic heterocycles. The van der Waals surface area contributed by atoms with Crippen LogP contribution >= 0.6 is 11.3 Å². The van der Waals surface area contributed by atoms with E-state index in [1.54, 1.807) is 30.5 Å². The van der Waals surface area contributed by atoms with E-state index in [-0.39, 0.29) is 5.97 Å². The van der Waals surface area contributed by atoms with Gasteiger partial charge in [0.25, 0.3) is 0 Å². The number of nitrogens with one attached hydrogen (secondary N) is 3. The van der Waals surface area contributed by atoms with Crippen LogP contribution in [0.1, 0.15) is 22.3 Å². The number of rotatable bonds is 6. The maximum absolute atomic E-state index is 11.9. The van der Waals surface area contributed by atoms with Gasteiger partial charge in [-0.25, -0.2) is 19.7 Å². The van der Waals surface area contributed by atoms with Crippen molar-refractivity contribution in [3.05, 3.63) is 47.1 Å². The molecule has 3 heterocycles. The number of carbonyl (C=O) groups excluding carboxylic acids is 1. The van der Waals surface area contributed by atoms with Crippen molar-refractivity contribution in [2.24, 2.45) is 0 Å². The van der Waals surface area contributed by atoms with Crippen LogP contribution in [0.4, 0.5) is 16.8 Å². The molecule has 148 valence electrons. The molecule has 4 rings (SSSR count). The van der Waals surface area contributed by atoms with Gasteiger partial charge in [-0.1, -0.05) is 0 Å². The first-order valence-corrected chi connectivity index (χ1v) is 9.94. The molecule has 0 fully saturated rings. The standard InChI is InChI=1S/C20H20N6O2S/c1-4-28-18(27)16-10-12-9-13(5-6-14(12)24-16)23-19-22-8-7-15(25-19)17-11(2)29-20(21-3)26-17/h5-10,24H,4H2,1-3H3,(H,21,26)(H,22,23,25). The molecule has 4 aromatic rings. The average molecular weight is 408 g/mol. The fourth-order valence-corrected chi connectivity index (χ4v) is 3.73. The van der Waals surface area contributed by atoms with Gasteiger partial charge in [0.2, 0.25) is 5.95 Å². The molecule has 0 aliphatic rings. The topological polar surface area (TPSA) is 105 Å². The predicted molar refractivity (Wildman–Crippen MR) is 115 cm³/mol. The number of esters is 1. The zero-order valence-corrected chi connectivity index (χ0v) is 17.1. The van der Waals surface area contributed by atoms with Gasteiger partial charge in [0.1, 0.15) is 11.4 Å². The Bertz CT molecular complexity index is 1180. The van der Waals surface area contributed by atoms with Gasteiger partial charge < -0.3 is 20.4 Å². The molecule has 0 saturated heterocycles. The van der Waals surface area contributed by atoms with Gasteiger partial charge in [0.05, 0.1) is 12.3 Å². The summed E-state index contributed by atoms with van der Waals surface area (Å²) in [6.45, 7) is 4.14. The van der Waals surface area contributed by atoms with E-state index in [0.29, 0.717) is 18.2 Å². The third-order valence-electron chi connectivity index (χ3n) is 4.28. The second-order valence-electron chi connectivity index (χ2n) is 6.27. The molecule has 29 heavy (non-hydrogen) atoms. The summed E-state index contributed by atoms with van der Waals surface area (Å²) in [6, 6.07) is 9.34. The molecule has 0 saturated carbocycles. The van der Waals surface area contributed by atoms with Crippen LogP contribution in [0, 0.1) is 6.92 Å². The number of nitrogens with zero attached hydrogens (tertiary/aromatic N) is 3. The molecule has 3 N–H and O–H groups in total. The number of thiazole rings is 1. The van der Waals surface area contributed by atoms with Crippen LogP contribution in [0.15, 0.2) is 36.5 Å². The molecule has 0 aliphatic carbocycles. The molecule has 3 aromatic heterocycles. The highest BCUT2D eigenvalue weighted by Gasteiger charge is 2.13. The van der Waals surface area contributed by atoms with Crippen LogP contribution < -0.4 is 10.6 Å². The van der Waals surface area contributed by atoms with Crippen molar-refractivity contribution in [3.63, 3.8) is 0 Å². The monoisotopic (exact) mass is 408 g/mol. The smallest absolute Gasteiger partial charge is 0.354 e. The van der Waals surface area contributed by atoms with Crippen LogP contribution in [0.5, 0.6) is 0 Å². The van der Waals surface area contributed by atoms with Gasteiger partial charge in [0.15, 0.2) is 5.13 Å². The third kappa shape index (κ3) is 3.90. The van der Waals surface area contributed by atoms with E-state index in [2.05, 4.69) is 30.6 Å². The Morgan fingerprint density at radius 1 is 1.24 bits per heavy atom. The molecule has 0 spiro atoms. The number of carbonyl (C=O) groups is 1. The number of hydrogen-bond donors (Lipinski definition) is 3. The number of benzene rings is 1. The molecule has 9 heteroatoms. The Hall–Kier alpha value is -3.46. The number of aryl methyl sites for hydroxylation is 1. The summed E-state index contributed by atoms with van der Waals surface area (Å²) in [6.07, 6.45) is 1.70. The van der Waals surface area contributed by atoms with Gasteiger partial charge in [-0.15, -0.1) is 11.3 Å². The first-order valence-electron chi connectivity index (χ1n) is 9.13. The van der Waals surface area contributed by atoms with Gasteiger partial charge in [-0.05, 0) is 44.2 Å². The second-order valence-corrected chi connectivity index (χ2v) is 7.47. The highest BCUT2D eigenvalue weighted by atomic mass is 32.1. The van der Waals surface area contributed by atoms with Crippen molar-refractivity contribution in [3.8, 4) is 11.4 Å². The fourth-order valence-electron chi connectivity index (χ4n) is 2.95. The number of ether oxygens (including phenoxy) is 1. The van der Waals surface area contributed by atoms with Crippen molar-refractivity contribution in [2.45, 2.75) is 13.8 Å².